The number of rotatable bonds is 6. The Bertz CT molecular complexity index is 742. The minimum atomic E-state index is -0.154. The van der Waals surface area contributed by atoms with Gasteiger partial charge in [0, 0.05) is 36.9 Å². The molecule has 0 bridgehead atoms. The SMILES string of the molecule is CC(C)CN1CC[C@H](Nc2ccc(C(=O)Nc3ccccc3N)cc2)C1. The molecule has 2 aromatic carbocycles. The van der Waals surface area contributed by atoms with Gasteiger partial charge in [0.05, 0.1) is 11.4 Å². The average Bonchev–Trinajstić information content (AvgIpc) is 3.03. The fraction of sp³-hybridized carbons (Fsp3) is 0.381. The van der Waals surface area contributed by atoms with Gasteiger partial charge in [-0.3, -0.25) is 4.79 Å². The van der Waals surface area contributed by atoms with E-state index in [0.717, 1.165) is 31.7 Å². The first kappa shape index (κ1) is 18.3. The summed E-state index contributed by atoms with van der Waals surface area (Å²) in [5.74, 6) is 0.545. The van der Waals surface area contributed by atoms with E-state index in [1.807, 2.05) is 36.4 Å². The molecule has 1 amide bonds. The van der Waals surface area contributed by atoms with E-state index >= 15 is 0 Å². The molecule has 2 aromatic rings. The summed E-state index contributed by atoms with van der Waals surface area (Å²) in [5, 5.41) is 6.43. The number of nitrogens with zero attached hydrogens (tertiary/aromatic N) is 1. The Morgan fingerprint density at radius 3 is 2.62 bits per heavy atom. The first-order valence-corrected chi connectivity index (χ1v) is 9.26. The summed E-state index contributed by atoms with van der Waals surface area (Å²) in [6.45, 7) is 7.89. The van der Waals surface area contributed by atoms with Crippen molar-refractivity contribution in [1.29, 1.82) is 0 Å². The zero-order valence-electron chi connectivity index (χ0n) is 15.5. The molecular formula is C21H28N4O. The molecule has 1 heterocycles. The monoisotopic (exact) mass is 352 g/mol. The maximum Gasteiger partial charge on any atom is 0.255 e. The van der Waals surface area contributed by atoms with E-state index < -0.39 is 0 Å². The molecule has 0 aliphatic carbocycles. The van der Waals surface area contributed by atoms with Crippen LogP contribution in [0.5, 0.6) is 0 Å². The molecule has 1 aliphatic heterocycles. The second-order valence-corrected chi connectivity index (χ2v) is 7.40. The molecule has 1 fully saturated rings. The Hall–Kier alpha value is -2.53. The Morgan fingerprint density at radius 1 is 1.19 bits per heavy atom. The van der Waals surface area contributed by atoms with Gasteiger partial charge in [-0.1, -0.05) is 26.0 Å². The Labute approximate surface area is 155 Å². The predicted molar refractivity (Wildman–Crippen MR) is 109 cm³/mol. The summed E-state index contributed by atoms with van der Waals surface area (Å²) >= 11 is 0. The number of nitrogen functional groups attached to an aromatic ring is 1. The first-order chi connectivity index (χ1) is 12.5. The molecule has 4 N–H and O–H groups in total. The smallest absolute Gasteiger partial charge is 0.255 e. The standard InChI is InChI=1S/C21H28N4O/c1-15(2)13-25-12-11-18(14-25)23-17-9-7-16(8-10-17)21(26)24-20-6-4-3-5-19(20)22/h3-10,15,18,23H,11-14,22H2,1-2H3,(H,24,26)/t18-/m0/s1. The molecule has 0 aromatic heterocycles. The van der Waals surface area contributed by atoms with Crippen molar-refractivity contribution in [2.45, 2.75) is 26.3 Å². The molecule has 3 rings (SSSR count). The number of hydrogen-bond donors (Lipinski definition) is 3. The molecule has 0 radical (unpaired) electrons. The van der Waals surface area contributed by atoms with Crippen molar-refractivity contribution in [2.75, 3.05) is 36.0 Å². The highest BCUT2D eigenvalue weighted by Crippen LogP contribution is 2.20. The summed E-state index contributed by atoms with van der Waals surface area (Å²) in [5.41, 5.74) is 8.74. The fourth-order valence-corrected chi connectivity index (χ4v) is 3.39. The molecule has 1 saturated heterocycles. The lowest BCUT2D eigenvalue weighted by Crippen LogP contribution is -2.29. The highest BCUT2D eigenvalue weighted by Gasteiger charge is 2.22. The van der Waals surface area contributed by atoms with E-state index in [2.05, 4.69) is 29.4 Å². The van der Waals surface area contributed by atoms with Crippen LogP contribution >= 0.6 is 0 Å². The minimum absolute atomic E-state index is 0.154. The van der Waals surface area contributed by atoms with Crippen LogP contribution in [-0.4, -0.2) is 36.5 Å². The summed E-state index contributed by atoms with van der Waals surface area (Å²) in [4.78, 5) is 14.9. The van der Waals surface area contributed by atoms with Crippen molar-refractivity contribution in [2.24, 2.45) is 5.92 Å². The van der Waals surface area contributed by atoms with Crippen molar-refractivity contribution in [3.63, 3.8) is 0 Å². The van der Waals surface area contributed by atoms with Crippen LogP contribution in [0.15, 0.2) is 48.5 Å². The van der Waals surface area contributed by atoms with Gasteiger partial charge in [-0.2, -0.15) is 0 Å². The van der Waals surface area contributed by atoms with Crippen LogP contribution in [0.3, 0.4) is 0 Å². The third kappa shape index (κ3) is 4.76. The van der Waals surface area contributed by atoms with Crippen LogP contribution in [0, 0.1) is 5.92 Å². The van der Waals surface area contributed by atoms with E-state index in [1.54, 1.807) is 12.1 Å². The molecular weight excluding hydrogens is 324 g/mol. The molecule has 0 spiro atoms. The number of anilines is 3. The van der Waals surface area contributed by atoms with Crippen molar-refractivity contribution >= 4 is 23.0 Å². The second-order valence-electron chi connectivity index (χ2n) is 7.40. The number of hydrogen-bond acceptors (Lipinski definition) is 4. The number of amides is 1. The highest BCUT2D eigenvalue weighted by atomic mass is 16.1. The van der Waals surface area contributed by atoms with Crippen LogP contribution in [0.25, 0.3) is 0 Å². The summed E-state index contributed by atoms with van der Waals surface area (Å²) in [6.07, 6.45) is 1.16. The lowest BCUT2D eigenvalue weighted by atomic mass is 10.1. The van der Waals surface area contributed by atoms with Gasteiger partial charge in [0.1, 0.15) is 0 Å². The normalized spacial score (nSPS) is 17.4. The number of benzene rings is 2. The van der Waals surface area contributed by atoms with E-state index in [9.17, 15) is 4.79 Å². The summed E-state index contributed by atoms with van der Waals surface area (Å²) in [6, 6.07) is 15.4. The quantitative estimate of drug-likeness (QED) is 0.694. The molecule has 1 aliphatic rings. The third-order valence-corrected chi connectivity index (χ3v) is 4.62. The first-order valence-electron chi connectivity index (χ1n) is 9.26. The largest absolute Gasteiger partial charge is 0.397 e. The lowest BCUT2D eigenvalue weighted by Gasteiger charge is -2.19. The number of nitrogens with two attached hydrogens (primary N) is 1. The van der Waals surface area contributed by atoms with Crippen LogP contribution < -0.4 is 16.4 Å². The zero-order chi connectivity index (χ0) is 18.5. The van der Waals surface area contributed by atoms with E-state index in [0.29, 0.717) is 28.9 Å². The summed E-state index contributed by atoms with van der Waals surface area (Å²) < 4.78 is 0. The lowest BCUT2D eigenvalue weighted by molar-refractivity contribution is 0.102. The topological polar surface area (TPSA) is 70.4 Å². The Balaban J connectivity index is 1.55. The van der Waals surface area contributed by atoms with Crippen LogP contribution in [0.1, 0.15) is 30.6 Å². The van der Waals surface area contributed by atoms with E-state index in [1.165, 1.54) is 0 Å². The number of carbonyl (C=O) groups excluding carboxylic acids is 1. The van der Waals surface area contributed by atoms with Gasteiger partial charge in [-0.15, -0.1) is 0 Å². The van der Waals surface area contributed by atoms with E-state index in [-0.39, 0.29) is 5.91 Å². The van der Waals surface area contributed by atoms with Gasteiger partial charge in [0.15, 0.2) is 0 Å². The maximum atomic E-state index is 12.4. The van der Waals surface area contributed by atoms with Crippen LogP contribution in [-0.2, 0) is 0 Å². The highest BCUT2D eigenvalue weighted by molar-refractivity contribution is 6.05. The van der Waals surface area contributed by atoms with Gasteiger partial charge in [-0.25, -0.2) is 0 Å². The maximum absolute atomic E-state index is 12.4. The Kier molecular flexibility index (Phi) is 5.78. The average molecular weight is 352 g/mol. The molecule has 1 atom stereocenters. The fourth-order valence-electron chi connectivity index (χ4n) is 3.39. The van der Waals surface area contributed by atoms with Gasteiger partial charge in [0.2, 0.25) is 0 Å². The van der Waals surface area contributed by atoms with E-state index in [4.69, 9.17) is 5.73 Å². The van der Waals surface area contributed by atoms with Gasteiger partial charge >= 0.3 is 0 Å². The molecule has 0 unspecified atom stereocenters. The number of nitrogens with one attached hydrogen (secondary N) is 2. The van der Waals surface area contributed by atoms with Gasteiger partial charge in [0.25, 0.3) is 5.91 Å². The number of carbonyl (C=O) groups is 1. The van der Waals surface area contributed by atoms with Gasteiger partial charge in [-0.05, 0) is 48.7 Å². The minimum Gasteiger partial charge on any atom is -0.397 e. The van der Waals surface area contributed by atoms with Crippen molar-refractivity contribution in [3.8, 4) is 0 Å². The van der Waals surface area contributed by atoms with Gasteiger partial charge < -0.3 is 21.3 Å². The van der Waals surface area contributed by atoms with Crippen LogP contribution in [0.2, 0.25) is 0 Å². The molecule has 5 nitrogen and oxygen atoms in total. The zero-order valence-corrected chi connectivity index (χ0v) is 15.5. The molecule has 5 heteroatoms. The van der Waals surface area contributed by atoms with Crippen molar-refractivity contribution in [3.05, 3.63) is 54.1 Å². The van der Waals surface area contributed by atoms with Crippen molar-refractivity contribution in [1.82, 2.24) is 4.90 Å². The number of likely N-dealkylation sites (tertiary alicyclic amines) is 1. The van der Waals surface area contributed by atoms with Crippen LogP contribution in [0.4, 0.5) is 17.1 Å². The summed E-state index contributed by atoms with van der Waals surface area (Å²) in [7, 11) is 0. The Morgan fingerprint density at radius 2 is 1.92 bits per heavy atom. The molecule has 26 heavy (non-hydrogen) atoms. The molecule has 0 saturated carbocycles. The van der Waals surface area contributed by atoms with Crippen molar-refractivity contribution < 1.29 is 4.79 Å². The predicted octanol–water partition coefficient (Wildman–Crippen LogP) is 3.66. The molecule has 138 valence electrons. The number of para-hydroxylation sites is 2. The second kappa shape index (κ2) is 8.23. The third-order valence-electron chi connectivity index (χ3n) is 4.62.